The van der Waals surface area contributed by atoms with Gasteiger partial charge in [0.1, 0.15) is 11.9 Å². The van der Waals surface area contributed by atoms with E-state index in [1.54, 1.807) is 18.2 Å². The Morgan fingerprint density at radius 3 is 2.88 bits per heavy atom. The number of rotatable bonds is 5. The van der Waals surface area contributed by atoms with Gasteiger partial charge in [-0.2, -0.15) is 0 Å². The molecule has 0 saturated carbocycles. The van der Waals surface area contributed by atoms with Crippen molar-refractivity contribution in [2.24, 2.45) is 0 Å². The van der Waals surface area contributed by atoms with Crippen LogP contribution < -0.4 is 4.90 Å². The fraction of sp³-hybridized carbons (Fsp3) is 0.688. The molecule has 3 heterocycles. The quantitative estimate of drug-likeness (QED) is 0.763. The van der Waals surface area contributed by atoms with Crippen LogP contribution in [0.5, 0.6) is 0 Å². The van der Waals surface area contributed by atoms with Crippen molar-refractivity contribution in [1.82, 2.24) is 14.9 Å². The summed E-state index contributed by atoms with van der Waals surface area (Å²) >= 11 is 0. The van der Waals surface area contributed by atoms with Gasteiger partial charge in [0.05, 0.1) is 39.5 Å². The highest BCUT2D eigenvalue weighted by Crippen LogP contribution is 2.24. The molecule has 0 spiro atoms. The maximum Gasteiger partial charge on any atom is 0.225 e. The lowest BCUT2D eigenvalue weighted by Gasteiger charge is -2.35. The summed E-state index contributed by atoms with van der Waals surface area (Å²) in [5.74, 6) is 1.55. The molecule has 3 rings (SSSR count). The van der Waals surface area contributed by atoms with E-state index in [2.05, 4.69) is 14.9 Å². The molecule has 1 aromatic heterocycles. The lowest BCUT2D eigenvalue weighted by Crippen LogP contribution is -2.44. The summed E-state index contributed by atoms with van der Waals surface area (Å²) in [7, 11) is 1.60. The number of ether oxygens (including phenoxy) is 3. The van der Waals surface area contributed by atoms with Crippen LogP contribution in [0.3, 0.4) is 0 Å². The van der Waals surface area contributed by atoms with Crippen LogP contribution >= 0.6 is 0 Å². The Labute approximate surface area is 141 Å². The number of aromatic nitrogens is 2. The van der Waals surface area contributed by atoms with E-state index in [9.17, 15) is 4.79 Å². The number of amides is 1. The number of carbonyl (C=O) groups is 1. The minimum Gasteiger partial charge on any atom is -0.384 e. The second-order valence-corrected chi connectivity index (χ2v) is 5.79. The molecule has 0 N–H and O–H groups in total. The standard InChI is InChI=1S/C16H24N4O4/c1-22-8-3-15(21)20-7-11-24-12-13(20)16-17-4-2-14(18-16)19-5-9-23-10-6-19/h2,4,13H,3,5-12H2,1H3/t13-/m1/s1. The highest BCUT2D eigenvalue weighted by molar-refractivity contribution is 5.76. The molecule has 1 atom stereocenters. The average molecular weight is 336 g/mol. The first-order chi connectivity index (χ1) is 11.8. The van der Waals surface area contributed by atoms with Crippen LogP contribution in [-0.4, -0.2) is 80.6 Å². The molecule has 1 aromatic rings. The van der Waals surface area contributed by atoms with Gasteiger partial charge in [-0.3, -0.25) is 4.79 Å². The molecule has 8 heteroatoms. The lowest BCUT2D eigenvalue weighted by molar-refractivity contribution is -0.141. The van der Waals surface area contributed by atoms with Crippen LogP contribution in [0.25, 0.3) is 0 Å². The van der Waals surface area contributed by atoms with Crippen molar-refractivity contribution in [3.8, 4) is 0 Å². The summed E-state index contributed by atoms with van der Waals surface area (Å²) in [4.78, 5) is 25.5. The number of nitrogens with zero attached hydrogens (tertiary/aromatic N) is 4. The summed E-state index contributed by atoms with van der Waals surface area (Å²) < 4.78 is 16.0. The van der Waals surface area contributed by atoms with E-state index in [1.165, 1.54) is 0 Å². The van der Waals surface area contributed by atoms with Gasteiger partial charge in [-0.15, -0.1) is 0 Å². The number of carbonyl (C=O) groups excluding carboxylic acids is 1. The number of anilines is 1. The van der Waals surface area contributed by atoms with Gasteiger partial charge >= 0.3 is 0 Å². The van der Waals surface area contributed by atoms with Crippen LogP contribution in [0, 0.1) is 0 Å². The van der Waals surface area contributed by atoms with Crippen molar-refractivity contribution in [3.63, 3.8) is 0 Å². The van der Waals surface area contributed by atoms with Gasteiger partial charge in [0.25, 0.3) is 0 Å². The van der Waals surface area contributed by atoms with Crippen molar-refractivity contribution in [1.29, 1.82) is 0 Å². The van der Waals surface area contributed by atoms with Gasteiger partial charge in [-0.05, 0) is 6.07 Å². The van der Waals surface area contributed by atoms with E-state index in [-0.39, 0.29) is 11.9 Å². The lowest BCUT2D eigenvalue weighted by atomic mass is 10.2. The predicted molar refractivity (Wildman–Crippen MR) is 86.8 cm³/mol. The number of methoxy groups -OCH3 is 1. The fourth-order valence-corrected chi connectivity index (χ4v) is 2.94. The van der Waals surface area contributed by atoms with Gasteiger partial charge in [-0.25, -0.2) is 9.97 Å². The molecule has 132 valence electrons. The Kier molecular flexibility index (Phi) is 5.95. The van der Waals surface area contributed by atoms with Crippen molar-refractivity contribution >= 4 is 11.7 Å². The second-order valence-electron chi connectivity index (χ2n) is 5.79. The van der Waals surface area contributed by atoms with Crippen LogP contribution in [-0.2, 0) is 19.0 Å². The Bertz CT molecular complexity index is 551. The first-order valence-corrected chi connectivity index (χ1v) is 8.31. The molecule has 0 radical (unpaired) electrons. The SMILES string of the molecule is COCCC(=O)N1CCOC[C@@H]1c1nccc(N2CCOCC2)n1. The smallest absolute Gasteiger partial charge is 0.225 e. The summed E-state index contributed by atoms with van der Waals surface area (Å²) in [6.45, 7) is 4.96. The van der Waals surface area contributed by atoms with E-state index in [1.807, 2.05) is 6.07 Å². The highest BCUT2D eigenvalue weighted by Gasteiger charge is 2.30. The van der Waals surface area contributed by atoms with Gasteiger partial charge in [0.15, 0.2) is 5.82 Å². The highest BCUT2D eigenvalue weighted by atomic mass is 16.5. The minimum absolute atomic E-state index is 0.0468. The van der Waals surface area contributed by atoms with Gasteiger partial charge in [0, 0.05) is 32.9 Å². The topological polar surface area (TPSA) is 77.0 Å². The third kappa shape index (κ3) is 4.00. The second kappa shape index (κ2) is 8.36. The number of morpholine rings is 2. The summed E-state index contributed by atoms with van der Waals surface area (Å²) in [5, 5.41) is 0. The first-order valence-electron chi connectivity index (χ1n) is 8.31. The molecule has 24 heavy (non-hydrogen) atoms. The Hall–Kier alpha value is -1.77. The zero-order valence-corrected chi connectivity index (χ0v) is 14.0. The Morgan fingerprint density at radius 1 is 1.29 bits per heavy atom. The van der Waals surface area contributed by atoms with Gasteiger partial charge in [0.2, 0.25) is 5.91 Å². The predicted octanol–water partition coefficient (Wildman–Crippen LogP) is 0.250. The van der Waals surface area contributed by atoms with Crippen LogP contribution in [0.15, 0.2) is 12.3 Å². The molecule has 2 saturated heterocycles. The molecule has 0 aliphatic carbocycles. The van der Waals surface area contributed by atoms with E-state index in [4.69, 9.17) is 14.2 Å². The van der Waals surface area contributed by atoms with Crippen molar-refractivity contribution in [3.05, 3.63) is 18.1 Å². The molecular formula is C16H24N4O4. The number of hydrogen-bond donors (Lipinski definition) is 0. The van der Waals surface area contributed by atoms with E-state index < -0.39 is 0 Å². The summed E-state index contributed by atoms with van der Waals surface area (Å²) in [6, 6.07) is 1.65. The van der Waals surface area contributed by atoms with Gasteiger partial charge in [-0.1, -0.05) is 0 Å². The van der Waals surface area contributed by atoms with E-state index in [0.717, 1.165) is 18.9 Å². The third-order valence-corrected chi connectivity index (χ3v) is 4.26. The molecule has 0 bridgehead atoms. The zero-order valence-electron chi connectivity index (χ0n) is 14.0. The Balaban J connectivity index is 1.76. The summed E-state index contributed by atoms with van der Waals surface area (Å²) in [5.41, 5.74) is 0. The monoisotopic (exact) mass is 336 g/mol. The molecule has 1 amide bonds. The maximum atomic E-state index is 12.4. The first kappa shape index (κ1) is 17.1. The van der Waals surface area contributed by atoms with E-state index in [0.29, 0.717) is 51.8 Å². The number of hydrogen-bond acceptors (Lipinski definition) is 7. The zero-order chi connectivity index (χ0) is 16.8. The molecule has 2 fully saturated rings. The molecule has 2 aliphatic heterocycles. The van der Waals surface area contributed by atoms with E-state index >= 15 is 0 Å². The average Bonchev–Trinajstić information content (AvgIpc) is 2.67. The van der Waals surface area contributed by atoms with Crippen molar-refractivity contribution in [2.45, 2.75) is 12.5 Å². The third-order valence-electron chi connectivity index (χ3n) is 4.26. The molecule has 2 aliphatic rings. The van der Waals surface area contributed by atoms with Crippen molar-refractivity contribution < 1.29 is 19.0 Å². The molecule has 8 nitrogen and oxygen atoms in total. The van der Waals surface area contributed by atoms with Gasteiger partial charge < -0.3 is 24.0 Å². The fourth-order valence-electron chi connectivity index (χ4n) is 2.94. The Morgan fingerprint density at radius 2 is 2.08 bits per heavy atom. The van der Waals surface area contributed by atoms with Crippen molar-refractivity contribution in [2.75, 3.05) is 64.7 Å². The van der Waals surface area contributed by atoms with Crippen LogP contribution in [0.4, 0.5) is 5.82 Å². The largest absolute Gasteiger partial charge is 0.384 e. The minimum atomic E-state index is -0.246. The maximum absolute atomic E-state index is 12.4. The molecule has 0 unspecified atom stereocenters. The van der Waals surface area contributed by atoms with Crippen LogP contribution in [0.2, 0.25) is 0 Å². The molecular weight excluding hydrogens is 312 g/mol. The summed E-state index contributed by atoms with van der Waals surface area (Å²) in [6.07, 6.45) is 2.11. The normalized spacial score (nSPS) is 21.8. The van der Waals surface area contributed by atoms with Crippen LogP contribution in [0.1, 0.15) is 18.3 Å². The molecule has 0 aromatic carbocycles.